The van der Waals surface area contributed by atoms with Crippen LogP contribution in [0, 0.1) is 17.1 Å². The van der Waals surface area contributed by atoms with Gasteiger partial charge in [0.15, 0.2) is 5.82 Å². The zero-order valence-corrected chi connectivity index (χ0v) is 29.5. The van der Waals surface area contributed by atoms with Gasteiger partial charge in [0.05, 0.1) is 54.8 Å². The van der Waals surface area contributed by atoms with Gasteiger partial charge in [0.1, 0.15) is 23.6 Å². The maximum Gasteiger partial charge on any atom is 0.276 e. The third-order valence-corrected chi connectivity index (χ3v) is 9.37. The summed E-state index contributed by atoms with van der Waals surface area (Å²) in [5.41, 5.74) is 6.73. The summed E-state index contributed by atoms with van der Waals surface area (Å²) < 4.78 is 17.0. The fraction of sp³-hybridized carbons (Fsp3) is 0.353. The van der Waals surface area contributed by atoms with Crippen molar-refractivity contribution in [3.63, 3.8) is 0 Å². The Bertz CT molecular complexity index is 2030. The maximum atomic E-state index is 15.7. The summed E-state index contributed by atoms with van der Waals surface area (Å²) in [4.78, 5) is 45.0. The smallest absolute Gasteiger partial charge is 0.276 e. The molecule has 1 fully saturated rings. The molecule has 10 nitrogen and oxygen atoms in total. The number of nitriles is 1. The van der Waals surface area contributed by atoms with E-state index in [1.165, 1.54) is 29.1 Å². The van der Waals surface area contributed by atoms with E-state index >= 15 is 4.39 Å². The second kappa shape index (κ2) is 13.3. The van der Waals surface area contributed by atoms with Gasteiger partial charge < -0.3 is 15.5 Å². The lowest BCUT2D eigenvalue weighted by molar-refractivity contribution is -0.130. The number of benzene rings is 1. The number of pyridine rings is 2. The van der Waals surface area contributed by atoms with Gasteiger partial charge in [-0.15, -0.1) is 0 Å². The van der Waals surface area contributed by atoms with Crippen LogP contribution in [0.4, 0.5) is 15.8 Å². The Hall–Kier alpha value is -4.24. The molecule has 2 N–H and O–H groups in total. The van der Waals surface area contributed by atoms with Crippen molar-refractivity contribution in [3.8, 4) is 23.0 Å². The van der Waals surface area contributed by atoms with Crippen LogP contribution >= 0.6 is 34.8 Å². The van der Waals surface area contributed by atoms with E-state index in [0.29, 0.717) is 22.5 Å². The summed E-state index contributed by atoms with van der Waals surface area (Å²) in [5.74, 6) is -1.46. The van der Waals surface area contributed by atoms with E-state index in [2.05, 4.69) is 22.6 Å². The molecule has 0 bridgehead atoms. The minimum absolute atomic E-state index is 0.0113. The Labute approximate surface area is 292 Å². The monoisotopic (exact) mass is 710 g/mol. The van der Waals surface area contributed by atoms with E-state index in [9.17, 15) is 14.9 Å². The van der Waals surface area contributed by atoms with Gasteiger partial charge in [0.25, 0.3) is 5.56 Å². The molecule has 0 saturated carbocycles. The minimum atomic E-state index is -0.894. The Balaban J connectivity index is 1.97. The van der Waals surface area contributed by atoms with Crippen molar-refractivity contribution in [3.05, 3.63) is 79.3 Å². The van der Waals surface area contributed by atoms with Gasteiger partial charge in [-0.2, -0.15) is 5.26 Å². The molecule has 1 amide bonds. The van der Waals surface area contributed by atoms with E-state index in [1.54, 1.807) is 4.90 Å². The molecule has 4 aromatic rings. The molecule has 1 aliphatic heterocycles. The van der Waals surface area contributed by atoms with Crippen molar-refractivity contribution in [2.24, 2.45) is 0 Å². The number of piperazine rings is 1. The minimum Gasteiger partial charge on any atom is -0.397 e. The normalized spacial score (nSPS) is 16.6. The summed E-state index contributed by atoms with van der Waals surface area (Å²) in [6.45, 7) is 15.7. The first-order valence-electron chi connectivity index (χ1n) is 15.3. The van der Waals surface area contributed by atoms with Crippen LogP contribution in [0.3, 0.4) is 0 Å². The Morgan fingerprint density at radius 1 is 1.04 bits per heavy atom. The third kappa shape index (κ3) is 5.76. The number of halogens is 4. The summed E-state index contributed by atoms with van der Waals surface area (Å²) in [7, 11) is 0. The molecular formula is C34H34Cl3FN8O2. The molecule has 4 heterocycles. The second-order valence-corrected chi connectivity index (χ2v) is 13.7. The van der Waals surface area contributed by atoms with E-state index in [1.807, 2.05) is 46.4 Å². The predicted molar refractivity (Wildman–Crippen MR) is 189 cm³/mol. The molecule has 250 valence electrons. The lowest BCUT2D eigenvalue weighted by Gasteiger charge is -2.45. The standard InChI is InChI=1S/C34H34Cl3FN8O2/c1-8-24(47)45-17(6)12-44(13-18(45)7)31-19-9-23(37)30(25-26(38)21(35)10-22(36)27(25)40)43-33(19)46(34(48)20(31)11-39)32-28(15(2)3)41-14-42-29(32)16(4)5/h8-10,14-18H,1,12-13,40H2,2-7H3/t17-,18+. The first-order chi connectivity index (χ1) is 22.6. The van der Waals surface area contributed by atoms with E-state index in [-0.39, 0.29) is 91.8 Å². The topological polar surface area (TPSA) is 134 Å². The van der Waals surface area contributed by atoms with Crippen LogP contribution in [0.15, 0.2) is 35.9 Å². The second-order valence-electron chi connectivity index (χ2n) is 12.5. The SMILES string of the molecule is C=CC(=O)N1[C@H](C)CN(c2c(C#N)c(=O)n(-c3c(C(C)C)ncnc3C(C)C)c3nc(-c4c(N)c(Cl)cc(Cl)c4F)c(Cl)cc23)C[C@@H]1C. The summed E-state index contributed by atoms with van der Waals surface area (Å²) in [6, 6.07) is 4.23. The first-order valence-corrected chi connectivity index (χ1v) is 16.4. The van der Waals surface area contributed by atoms with E-state index in [4.69, 9.17) is 45.5 Å². The average molecular weight is 712 g/mol. The number of nitrogens with zero attached hydrogens (tertiary/aromatic N) is 7. The Morgan fingerprint density at radius 2 is 1.62 bits per heavy atom. The predicted octanol–water partition coefficient (Wildman–Crippen LogP) is 7.25. The number of aromatic nitrogens is 4. The van der Waals surface area contributed by atoms with Crippen LogP contribution < -0.4 is 16.2 Å². The number of nitrogen functional groups attached to an aromatic ring is 1. The molecule has 3 aromatic heterocycles. The number of carbonyl (C=O) groups excluding carboxylic acids is 1. The molecular weight excluding hydrogens is 678 g/mol. The van der Waals surface area contributed by atoms with Gasteiger partial charge in [-0.05, 0) is 43.9 Å². The van der Waals surface area contributed by atoms with Gasteiger partial charge in [-0.25, -0.2) is 19.3 Å². The third-order valence-electron chi connectivity index (χ3n) is 8.49. The Morgan fingerprint density at radius 3 is 2.15 bits per heavy atom. The highest BCUT2D eigenvalue weighted by molar-refractivity contribution is 6.38. The highest BCUT2D eigenvalue weighted by Crippen LogP contribution is 2.43. The zero-order valence-electron chi connectivity index (χ0n) is 27.3. The van der Waals surface area contributed by atoms with Crippen molar-refractivity contribution in [2.75, 3.05) is 23.7 Å². The van der Waals surface area contributed by atoms with Crippen molar-refractivity contribution < 1.29 is 9.18 Å². The number of anilines is 2. The molecule has 0 spiro atoms. The molecule has 5 rings (SSSR count). The summed E-state index contributed by atoms with van der Waals surface area (Å²) >= 11 is 19.4. The average Bonchev–Trinajstić information content (AvgIpc) is 3.03. The van der Waals surface area contributed by atoms with Gasteiger partial charge in [-0.3, -0.25) is 14.2 Å². The number of hydrogen-bond donors (Lipinski definition) is 1. The molecule has 1 aromatic carbocycles. The van der Waals surface area contributed by atoms with Crippen LogP contribution in [0.1, 0.15) is 70.3 Å². The Kier molecular flexibility index (Phi) is 9.75. The molecule has 0 radical (unpaired) electrons. The molecule has 48 heavy (non-hydrogen) atoms. The van der Waals surface area contributed by atoms with E-state index < -0.39 is 11.4 Å². The number of fused-ring (bicyclic) bond motifs is 1. The van der Waals surface area contributed by atoms with Crippen LogP contribution in [-0.2, 0) is 4.79 Å². The molecule has 0 unspecified atom stereocenters. The van der Waals surface area contributed by atoms with Crippen molar-refractivity contribution in [1.29, 1.82) is 5.26 Å². The maximum absolute atomic E-state index is 15.7. The van der Waals surface area contributed by atoms with Crippen LogP contribution in [0.5, 0.6) is 0 Å². The highest BCUT2D eigenvalue weighted by atomic mass is 35.5. The highest BCUT2D eigenvalue weighted by Gasteiger charge is 2.36. The number of carbonyl (C=O) groups is 1. The quantitative estimate of drug-likeness (QED) is 0.126. The first kappa shape index (κ1) is 35.1. The van der Waals surface area contributed by atoms with Crippen molar-refractivity contribution >= 4 is 63.1 Å². The lowest BCUT2D eigenvalue weighted by Crippen LogP contribution is -2.58. The number of hydrogen-bond acceptors (Lipinski definition) is 8. The summed E-state index contributed by atoms with van der Waals surface area (Å²) in [5, 5.41) is 10.6. The van der Waals surface area contributed by atoms with Gasteiger partial charge in [0.2, 0.25) is 5.91 Å². The molecule has 1 saturated heterocycles. The molecule has 0 aliphatic carbocycles. The molecule has 14 heteroatoms. The summed E-state index contributed by atoms with van der Waals surface area (Å²) in [6.07, 6.45) is 2.70. The van der Waals surface area contributed by atoms with E-state index in [0.717, 1.165) is 0 Å². The zero-order chi connectivity index (χ0) is 35.4. The van der Waals surface area contributed by atoms with Crippen LogP contribution in [-0.4, -0.2) is 55.5 Å². The number of rotatable bonds is 6. The fourth-order valence-corrected chi connectivity index (χ4v) is 7.16. The largest absolute Gasteiger partial charge is 0.397 e. The fourth-order valence-electron chi connectivity index (χ4n) is 6.45. The van der Waals surface area contributed by atoms with Gasteiger partial charge >= 0.3 is 0 Å². The number of nitrogens with two attached hydrogens (primary N) is 1. The lowest BCUT2D eigenvalue weighted by atomic mass is 9.99. The number of amides is 1. The molecule has 2 atom stereocenters. The van der Waals surface area contributed by atoms with Gasteiger partial charge in [-0.1, -0.05) is 69.1 Å². The van der Waals surface area contributed by atoms with Crippen molar-refractivity contribution in [1.82, 2.24) is 24.4 Å². The van der Waals surface area contributed by atoms with Gasteiger partial charge in [0, 0.05) is 30.6 Å². The van der Waals surface area contributed by atoms with Crippen molar-refractivity contribution in [2.45, 2.75) is 65.5 Å². The van der Waals surface area contributed by atoms with Crippen LogP contribution in [0.25, 0.3) is 28.0 Å². The molecule has 1 aliphatic rings. The van der Waals surface area contributed by atoms with Crippen LogP contribution in [0.2, 0.25) is 15.1 Å².